The van der Waals surface area contributed by atoms with Crippen molar-refractivity contribution in [3.63, 3.8) is 0 Å². The molecule has 0 aromatic rings. The predicted octanol–water partition coefficient (Wildman–Crippen LogP) is 0.391. The first-order valence-corrected chi connectivity index (χ1v) is 2.60. The zero-order valence-corrected chi connectivity index (χ0v) is 4.87. The van der Waals surface area contributed by atoms with Crippen LogP contribution in [0.25, 0.3) is 0 Å². The highest BCUT2D eigenvalue weighted by molar-refractivity contribution is 5.17. The van der Waals surface area contributed by atoms with E-state index in [4.69, 9.17) is 5.90 Å². The van der Waals surface area contributed by atoms with Gasteiger partial charge in [-0.1, -0.05) is 12.2 Å². The molecule has 0 aromatic carbocycles. The van der Waals surface area contributed by atoms with Gasteiger partial charge in [0.1, 0.15) is 0 Å². The summed E-state index contributed by atoms with van der Waals surface area (Å²) in [6, 6.07) is 0. The molecule has 1 aliphatic rings. The lowest BCUT2D eigenvalue weighted by atomic mass is 10.5. The molecular formula is C6H8N2O. The predicted molar refractivity (Wildman–Crippen MR) is 34.8 cm³/mol. The van der Waals surface area contributed by atoms with Gasteiger partial charge in [0.25, 0.3) is 0 Å². The Morgan fingerprint density at radius 1 is 1.33 bits per heavy atom. The third kappa shape index (κ3) is 1.62. The second-order valence-corrected chi connectivity index (χ2v) is 1.54. The normalized spacial score (nSPS) is 15.9. The minimum atomic E-state index is 0.542. The Balaban J connectivity index is 2.62. The molecule has 0 amide bonds. The maximum atomic E-state index is 4.87. The van der Waals surface area contributed by atoms with Crippen LogP contribution >= 0.6 is 0 Å². The minimum absolute atomic E-state index is 0.542. The van der Waals surface area contributed by atoms with Crippen LogP contribution in [-0.2, 0) is 4.84 Å². The van der Waals surface area contributed by atoms with Gasteiger partial charge in [-0.05, 0) is 6.08 Å². The smallest absolute Gasteiger partial charge is 0.215 e. The number of nitrogens with two attached hydrogens (primary N) is 1. The summed E-state index contributed by atoms with van der Waals surface area (Å²) < 4.78 is 0. The van der Waals surface area contributed by atoms with Crippen molar-refractivity contribution in [1.82, 2.24) is 5.32 Å². The van der Waals surface area contributed by atoms with Crippen molar-refractivity contribution in [2.75, 3.05) is 0 Å². The Morgan fingerprint density at radius 3 is 3.00 bits per heavy atom. The van der Waals surface area contributed by atoms with Crippen molar-refractivity contribution in [3.05, 3.63) is 36.4 Å². The van der Waals surface area contributed by atoms with Crippen LogP contribution in [0.4, 0.5) is 0 Å². The van der Waals surface area contributed by atoms with E-state index < -0.39 is 0 Å². The Kier molecular flexibility index (Phi) is 1.93. The van der Waals surface area contributed by atoms with Crippen LogP contribution in [0, 0.1) is 0 Å². The van der Waals surface area contributed by atoms with Crippen molar-refractivity contribution >= 4 is 0 Å². The highest BCUT2D eigenvalue weighted by Crippen LogP contribution is 1.92. The van der Waals surface area contributed by atoms with Crippen LogP contribution in [0.15, 0.2) is 36.4 Å². The molecule has 3 N–H and O–H groups in total. The van der Waals surface area contributed by atoms with Gasteiger partial charge in [0.05, 0.1) is 0 Å². The van der Waals surface area contributed by atoms with E-state index in [1.54, 1.807) is 12.3 Å². The molecule has 0 unspecified atom stereocenters. The van der Waals surface area contributed by atoms with E-state index in [-0.39, 0.29) is 0 Å². The molecule has 0 bridgehead atoms. The molecule has 0 atom stereocenters. The van der Waals surface area contributed by atoms with Crippen molar-refractivity contribution in [2.45, 2.75) is 0 Å². The van der Waals surface area contributed by atoms with Crippen molar-refractivity contribution < 1.29 is 4.84 Å². The molecule has 1 rings (SSSR count). The average Bonchev–Trinajstić information content (AvgIpc) is 2.13. The summed E-state index contributed by atoms with van der Waals surface area (Å²) in [7, 11) is 0. The summed E-state index contributed by atoms with van der Waals surface area (Å²) in [4.78, 5) is 4.42. The molecule has 3 nitrogen and oxygen atoms in total. The third-order valence-electron chi connectivity index (χ3n) is 0.919. The number of rotatable bonds is 1. The first-order valence-electron chi connectivity index (χ1n) is 2.60. The van der Waals surface area contributed by atoms with Gasteiger partial charge in [-0.25, -0.2) is 0 Å². The molecule has 3 heteroatoms. The van der Waals surface area contributed by atoms with Crippen LogP contribution in [0.5, 0.6) is 0 Å². The minimum Gasteiger partial charge on any atom is -0.393 e. The van der Waals surface area contributed by atoms with Gasteiger partial charge in [0.2, 0.25) is 5.88 Å². The molecule has 0 spiro atoms. The standard InChI is InChI=1S/C6H8N2O/c7-9-6-4-2-1-3-5-8-6/h1-5,8H,7H2. The molecule has 0 aliphatic carbocycles. The largest absolute Gasteiger partial charge is 0.393 e. The van der Waals surface area contributed by atoms with Crippen LogP contribution in [0.3, 0.4) is 0 Å². The number of nitrogens with one attached hydrogen (secondary N) is 1. The second kappa shape index (κ2) is 2.94. The van der Waals surface area contributed by atoms with Crippen LogP contribution in [0.1, 0.15) is 0 Å². The third-order valence-corrected chi connectivity index (χ3v) is 0.919. The van der Waals surface area contributed by atoms with E-state index >= 15 is 0 Å². The molecule has 48 valence electrons. The van der Waals surface area contributed by atoms with Gasteiger partial charge in [0.15, 0.2) is 0 Å². The van der Waals surface area contributed by atoms with E-state index in [0.717, 1.165) is 0 Å². The van der Waals surface area contributed by atoms with Gasteiger partial charge in [-0.3, -0.25) is 0 Å². The summed E-state index contributed by atoms with van der Waals surface area (Å²) in [5, 5.41) is 2.80. The highest BCUT2D eigenvalue weighted by Gasteiger charge is 1.89. The van der Waals surface area contributed by atoms with Crippen LogP contribution < -0.4 is 11.2 Å². The van der Waals surface area contributed by atoms with Crippen LogP contribution in [-0.4, -0.2) is 0 Å². The van der Waals surface area contributed by atoms with E-state index in [0.29, 0.717) is 5.88 Å². The summed E-state index contributed by atoms with van der Waals surface area (Å²) >= 11 is 0. The zero-order valence-electron chi connectivity index (χ0n) is 4.87. The molecule has 9 heavy (non-hydrogen) atoms. The molecule has 1 heterocycles. The Bertz CT molecular complexity index is 170. The van der Waals surface area contributed by atoms with Gasteiger partial charge >= 0.3 is 0 Å². The summed E-state index contributed by atoms with van der Waals surface area (Å²) in [5.41, 5.74) is 0. The number of hydrogen-bond acceptors (Lipinski definition) is 3. The lowest BCUT2D eigenvalue weighted by Crippen LogP contribution is -2.11. The Hall–Kier alpha value is -1.22. The van der Waals surface area contributed by atoms with Crippen molar-refractivity contribution in [2.24, 2.45) is 5.90 Å². The molecular weight excluding hydrogens is 116 g/mol. The highest BCUT2D eigenvalue weighted by atomic mass is 16.6. The van der Waals surface area contributed by atoms with E-state index in [2.05, 4.69) is 10.2 Å². The summed E-state index contributed by atoms with van der Waals surface area (Å²) in [6.45, 7) is 0. The zero-order chi connectivity index (χ0) is 6.53. The van der Waals surface area contributed by atoms with Gasteiger partial charge in [0, 0.05) is 12.3 Å². The maximum absolute atomic E-state index is 4.87. The van der Waals surface area contributed by atoms with Gasteiger partial charge in [-0.15, -0.1) is 0 Å². The molecule has 0 saturated heterocycles. The Morgan fingerprint density at radius 2 is 2.22 bits per heavy atom. The van der Waals surface area contributed by atoms with Crippen molar-refractivity contribution in [3.8, 4) is 0 Å². The van der Waals surface area contributed by atoms with E-state index in [1.807, 2.05) is 18.2 Å². The maximum Gasteiger partial charge on any atom is 0.215 e. The number of allylic oxidation sites excluding steroid dienone is 4. The molecule has 1 aliphatic heterocycles. The monoisotopic (exact) mass is 124 g/mol. The number of hydrogen-bond donors (Lipinski definition) is 2. The molecule has 0 fully saturated rings. The van der Waals surface area contributed by atoms with E-state index in [1.165, 1.54) is 0 Å². The first kappa shape index (κ1) is 5.91. The SMILES string of the molecule is NOC1=CC=CC=CN1. The second-order valence-electron chi connectivity index (χ2n) is 1.54. The average molecular weight is 124 g/mol. The van der Waals surface area contributed by atoms with E-state index in [9.17, 15) is 0 Å². The first-order chi connectivity index (χ1) is 4.43. The fourth-order valence-electron chi connectivity index (χ4n) is 0.514. The molecule has 0 aromatic heterocycles. The fraction of sp³-hybridized carbons (Fsp3) is 0. The van der Waals surface area contributed by atoms with Gasteiger partial charge in [-0.2, -0.15) is 5.90 Å². The Labute approximate surface area is 53.4 Å². The lowest BCUT2D eigenvalue weighted by molar-refractivity contribution is 0.205. The quantitative estimate of drug-likeness (QED) is 0.497. The van der Waals surface area contributed by atoms with Gasteiger partial charge < -0.3 is 10.2 Å². The fourth-order valence-corrected chi connectivity index (χ4v) is 0.514. The summed E-state index contributed by atoms with van der Waals surface area (Å²) in [6.07, 6.45) is 9.03. The topological polar surface area (TPSA) is 47.3 Å². The van der Waals surface area contributed by atoms with Crippen molar-refractivity contribution in [1.29, 1.82) is 0 Å². The summed E-state index contributed by atoms with van der Waals surface area (Å²) in [5.74, 6) is 5.42. The van der Waals surface area contributed by atoms with Crippen LogP contribution in [0.2, 0.25) is 0 Å². The molecule has 0 saturated carbocycles. The lowest BCUT2D eigenvalue weighted by Gasteiger charge is -1.99. The molecule has 0 radical (unpaired) electrons.